The lowest BCUT2D eigenvalue weighted by Gasteiger charge is -2.27. The molecule has 36 heavy (non-hydrogen) atoms. The maximum atomic E-state index is 13.3. The Morgan fingerprint density at radius 3 is 2.67 bits per heavy atom. The molecule has 1 amide bonds. The maximum Gasteiger partial charge on any atom is 0.290 e. The zero-order valence-electron chi connectivity index (χ0n) is 19.6. The van der Waals surface area contributed by atoms with Crippen molar-refractivity contribution < 1.29 is 33.7 Å². The number of methoxy groups -OCH3 is 2. The van der Waals surface area contributed by atoms with Crippen LogP contribution in [-0.4, -0.2) is 52.6 Å². The second kappa shape index (κ2) is 9.18. The summed E-state index contributed by atoms with van der Waals surface area (Å²) in [7, 11) is 3.00. The third-order valence-electron chi connectivity index (χ3n) is 6.41. The third-order valence-corrected chi connectivity index (χ3v) is 6.41. The Kier molecular flexibility index (Phi) is 5.89. The molecule has 1 aliphatic rings. The van der Waals surface area contributed by atoms with Crippen LogP contribution in [-0.2, 0) is 11.2 Å². The number of nitrogens with one attached hydrogen (secondary N) is 1. The molecule has 5 rings (SSSR count). The molecule has 1 aliphatic heterocycles. The summed E-state index contributed by atoms with van der Waals surface area (Å²) in [6.45, 7) is 0.204. The first kappa shape index (κ1) is 23.1. The number of rotatable bonds is 8. The number of phenolic OH excluding ortho intramolecular Hbond substituents is 1. The number of ether oxygens (including phenoxy) is 2. The molecule has 0 bridgehead atoms. The highest BCUT2D eigenvalue weighted by atomic mass is 16.5. The lowest BCUT2D eigenvalue weighted by atomic mass is 9.94. The van der Waals surface area contributed by atoms with Crippen LogP contribution in [0.4, 0.5) is 0 Å². The molecule has 3 N–H and O–H groups in total. The van der Waals surface area contributed by atoms with Gasteiger partial charge < -0.3 is 34.0 Å². The molecule has 3 heterocycles. The number of ketones is 1. The first-order chi connectivity index (χ1) is 17.4. The third kappa shape index (κ3) is 3.84. The molecule has 2 aromatic carbocycles. The van der Waals surface area contributed by atoms with Gasteiger partial charge in [0, 0.05) is 23.6 Å². The van der Waals surface area contributed by atoms with Gasteiger partial charge in [-0.3, -0.25) is 9.59 Å². The van der Waals surface area contributed by atoms with Crippen molar-refractivity contribution in [2.45, 2.75) is 12.5 Å². The number of benzene rings is 2. The number of aliphatic hydroxyl groups excluding tert-OH is 1. The second-order valence-electron chi connectivity index (χ2n) is 8.38. The Bertz CT molecular complexity index is 1480. The molecular formula is C27H24N2O7. The first-order valence-corrected chi connectivity index (χ1v) is 11.3. The number of amides is 1. The maximum absolute atomic E-state index is 13.3. The average molecular weight is 488 g/mol. The van der Waals surface area contributed by atoms with E-state index in [4.69, 9.17) is 13.9 Å². The molecule has 184 valence electrons. The van der Waals surface area contributed by atoms with Crippen molar-refractivity contribution in [1.29, 1.82) is 0 Å². The first-order valence-electron chi connectivity index (χ1n) is 11.3. The molecule has 9 nitrogen and oxygen atoms in total. The van der Waals surface area contributed by atoms with Crippen LogP contribution in [0.15, 0.2) is 76.7 Å². The summed E-state index contributed by atoms with van der Waals surface area (Å²) in [6.07, 6.45) is 3.66. The number of H-pyrrole nitrogens is 1. The van der Waals surface area contributed by atoms with Crippen molar-refractivity contribution in [2.24, 2.45) is 0 Å². The minimum atomic E-state index is -0.913. The number of aromatic amines is 1. The van der Waals surface area contributed by atoms with Gasteiger partial charge in [-0.15, -0.1) is 0 Å². The van der Waals surface area contributed by atoms with Gasteiger partial charge in [0.05, 0.1) is 32.1 Å². The number of aliphatic hydroxyl groups is 1. The fourth-order valence-electron chi connectivity index (χ4n) is 4.60. The predicted molar refractivity (Wildman–Crippen MR) is 130 cm³/mol. The van der Waals surface area contributed by atoms with Crippen LogP contribution in [0.3, 0.4) is 0 Å². The molecule has 9 heteroatoms. The minimum absolute atomic E-state index is 0.00525. The van der Waals surface area contributed by atoms with Crippen LogP contribution in [0.25, 0.3) is 10.9 Å². The monoisotopic (exact) mass is 488 g/mol. The van der Waals surface area contributed by atoms with Crippen molar-refractivity contribution in [2.75, 3.05) is 20.8 Å². The summed E-state index contributed by atoms with van der Waals surface area (Å²) in [6, 6.07) is 12.4. The van der Waals surface area contributed by atoms with E-state index in [2.05, 4.69) is 4.98 Å². The summed E-state index contributed by atoms with van der Waals surface area (Å²) in [5.41, 5.74) is 2.28. The number of aromatic nitrogens is 1. The van der Waals surface area contributed by atoms with Crippen LogP contribution < -0.4 is 9.47 Å². The van der Waals surface area contributed by atoms with Gasteiger partial charge in [0.15, 0.2) is 23.0 Å². The number of phenols is 1. The van der Waals surface area contributed by atoms with Gasteiger partial charge in [0.2, 0.25) is 5.78 Å². The molecule has 0 radical (unpaired) electrons. The van der Waals surface area contributed by atoms with E-state index in [0.717, 1.165) is 16.5 Å². The van der Waals surface area contributed by atoms with E-state index in [1.165, 1.54) is 30.4 Å². The van der Waals surface area contributed by atoms with Crippen LogP contribution in [0.5, 0.6) is 17.2 Å². The second-order valence-corrected chi connectivity index (χ2v) is 8.38. The Morgan fingerprint density at radius 1 is 1.11 bits per heavy atom. The Hall–Kier alpha value is -4.66. The summed E-state index contributed by atoms with van der Waals surface area (Å²) < 4.78 is 15.8. The largest absolute Gasteiger partial charge is 0.504 e. The number of hydrogen-bond acceptors (Lipinski definition) is 7. The van der Waals surface area contributed by atoms with E-state index in [1.807, 2.05) is 24.4 Å². The summed E-state index contributed by atoms with van der Waals surface area (Å²) >= 11 is 0. The molecule has 2 aromatic heterocycles. The van der Waals surface area contributed by atoms with Crippen molar-refractivity contribution in [3.05, 3.63) is 89.2 Å². The number of fused-ring (bicyclic) bond motifs is 1. The minimum Gasteiger partial charge on any atom is -0.504 e. The van der Waals surface area contributed by atoms with Gasteiger partial charge >= 0.3 is 0 Å². The van der Waals surface area contributed by atoms with E-state index in [0.29, 0.717) is 17.7 Å². The van der Waals surface area contributed by atoms with Crippen molar-refractivity contribution in [3.8, 4) is 17.2 Å². The van der Waals surface area contributed by atoms with E-state index in [-0.39, 0.29) is 29.4 Å². The highest BCUT2D eigenvalue weighted by Gasteiger charge is 2.44. The zero-order valence-corrected chi connectivity index (χ0v) is 19.6. The lowest BCUT2D eigenvalue weighted by Crippen LogP contribution is -2.33. The van der Waals surface area contributed by atoms with Gasteiger partial charge in [0.25, 0.3) is 5.91 Å². The number of nitrogens with zero attached hydrogens (tertiary/aromatic N) is 1. The summed E-state index contributed by atoms with van der Waals surface area (Å²) in [4.78, 5) is 31.2. The van der Waals surface area contributed by atoms with Crippen LogP contribution >= 0.6 is 0 Å². The van der Waals surface area contributed by atoms with Crippen LogP contribution in [0.2, 0.25) is 0 Å². The Morgan fingerprint density at radius 2 is 1.94 bits per heavy atom. The number of Topliss-reactive ketones (excluding diaryl/α,β-unsaturated/α-hetero) is 1. The van der Waals surface area contributed by atoms with Gasteiger partial charge in [0.1, 0.15) is 5.75 Å². The Labute approximate surface area is 206 Å². The lowest BCUT2D eigenvalue weighted by molar-refractivity contribution is -0.129. The molecule has 0 spiro atoms. The topological polar surface area (TPSA) is 125 Å². The normalized spacial score (nSPS) is 15.7. The molecule has 0 saturated carbocycles. The SMILES string of the molecule is COc1ccc2[nH]cc(CCN3C(=O)C(O)=C(C(=O)c4ccco4)C3c3ccc(O)c(OC)c3)c2c1. The van der Waals surface area contributed by atoms with Gasteiger partial charge in [-0.1, -0.05) is 6.07 Å². The molecule has 0 fully saturated rings. The van der Waals surface area contributed by atoms with E-state index >= 15 is 0 Å². The summed E-state index contributed by atoms with van der Waals surface area (Å²) in [5.74, 6) is -1.08. The fraction of sp³-hybridized carbons (Fsp3) is 0.185. The molecular weight excluding hydrogens is 464 g/mol. The van der Waals surface area contributed by atoms with Crippen molar-refractivity contribution >= 4 is 22.6 Å². The zero-order chi connectivity index (χ0) is 25.4. The number of carbonyl (C=O) groups is 2. The smallest absolute Gasteiger partial charge is 0.290 e. The van der Waals surface area contributed by atoms with E-state index in [1.54, 1.807) is 25.3 Å². The van der Waals surface area contributed by atoms with Crippen LogP contribution in [0.1, 0.15) is 27.7 Å². The van der Waals surface area contributed by atoms with Crippen molar-refractivity contribution in [1.82, 2.24) is 9.88 Å². The van der Waals surface area contributed by atoms with Gasteiger partial charge in [-0.05, 0) is 60.0 Å². The quantitative estimate of drug-likeness (QED) is 0.316. The van der Waals surface area contributed by atoms with Gasteiger partial charge in [-0.25, -0.2) is 0 Å². The van der Waals surface area contributed by atoms with Gasteiger partial charge in [-0.2, -0.15) is 0 Å². The molecule has 1 atom stereocenters. The standard InChI is InChI=1S/C27H24N2O7/c1-34-17-6-7-19-18(13-17)16(14-28-19)9-10-29-24(15-5-8-20(30)22(12-15)35-2)23(26(32)27(29)33)25(31)21-4-3-11-36-21/h3-8,11-14,24,28,30,32H,9-10H2,1-2H3. The number of furan rings is 1. The van der Waals surface area contributed by atoms with E-state index in [9.17, 15) is 19.8 Å². The van der Waals surface area contributed by atoms with Crippen LogP contribution in [0, 0.1) is 0 Å². The predicted octanol–water partition coefficient (Wildman–Crippen LogP) is 4.30. The molecule has 1 unspecified atom stereocenters. The summed E-state index contributed by atoms with van der Waals surface area (Å²) in [5, 5.41) is 21.9. The molecule has 0 saturated heterocycles. The highest BCUT2D eigenvalue weighted by molar-refractivity contribution is 6.15. The highest BCUT2D eigenvalue weighted by Crippen LogP contribution is 2.41. The van der Waals surface area contributed by atoms with Crippen molar-refractivity contribution in [3.63, 3.8) is 0 Å². The molecule has 0 aliphatic carbocycles. The number of aromatic hydroxyl groups is 1. The fourth-order valence-corrected chi connectivity index (χ4v) is 4.60. The average Bonchev–Trinajstić information content (AvgIpc) is 3.62. The van der Waals surface area contributed by atoms with E-state index < -0.39 is 23.5 Å². The number of carbonyl (C=O) groups excluding carboxylic acids is 2. The number of hydrogen-bond donors (Lipinski definition) is 3. The Balaban J connectivity index is 1.53. The molecule has 4 aromatic rings.